The summed E-state index contributed by atoms with van der Waals surface area (Å²) in [7, 11) is 0. The second kappa shape index (κ2) is 6.26. The topological polar surface area (TPSA) is 69.6 Å². The molecule has 0 saturated heterocycles. The first-order valence-electron chi connectivity index (χ1n) is 6.51. The molecule has 1 aromatic carbocycles. The average molecular weight is 284 g/mol. The number of hydrogen-bond acceptors (Lipinski definition) is 3. The minimum Gasteiger partial charge on any atom is -0.478 e. The predicted octanol–water partition coefficient (Wildman–Crippen LogP) is 3.00. The Labute approximate surface area is 117 Å². The van der Waals surface area contributed by atoms with Gasteiger partial charge < -0.3 is 15.5 Å². The lowest BCUT2D eigenvalue weighted by molar-refractivity contribution is 0.0697. The van der Waals surface area contributed by atoms with Crippen LogP contribution in [0, 0.1) is 5.92 Å². The fourth-order valence-corrected chi connectivity index (χ4v) is 2.85. The SMILES string of the molecule is O=C(O)c1c(Cl)cccc1NCC1CCCC(O)C1. The first-order valence-corrected chi connectivity index (χ1v) is 6.89. The van der Waals surface area contributed by atoms with E-state index in [1.165, 1.54) is 0 Å². The van der Waals surface area contributed by atoms with Crippen LogP contribution in [0.3, 0.4) is 0 Å². The summed E-state index contributed by atoms with van der Waals surface area (Å²) in [5, 5.41) is 22.2. The molecule has 2 atom stereocenters. The van der Waals surface area contributed by atoms with Gasteiger partial charge in [-0.25, -0.2) is 4.79 Å². The summed E-state index contributed by atoms with van der Waals surface area (Å²) in [5.74, 6) is -0.652. The van der Waals surface area contributed by atoms with Crippen molar-refractivity contribution in [1.29, 1.82) is 0 Å². The number of anilines is 1. The number of nitrogens with one attached hydrogen (secondary N) is 1. The van der Waals surface area contributed by atoms with Crippen molar-refractivity contribution < 1.29 is 15.0 Å². The molecule has 4 nitrogen and oxygen atoms in total. The van der Waals surface area contributed by atoms with Gasteiger partial charge >= 0.3 is 5.97 Å². The van der Waals surface area contributed by atoms with Crippen molar-refractivity contribution in [2.45, 2.75) is 31.8 Å². The van der Waals surface area contributed by atoms with E-state index >= 15 is 0 Å². The molecule has 1 fully saturated rings. The smallest absolute Gasteiger partial charge is 0.339 e. The highest BCUT2D eigenvalue weighted by atomic mass is 35.5. The van der Waals surface area contributed by atoms with E-state index in [-0.39, 0.29) is 16.7 Å². The summed E-state index contributed by atoms with van der Waals surface area (Å²) in [6, 6.07) is 5.02. The van der Waals surface area contributed by atoms with Crippen molar-refractivity contribution in [2.24, 2.45) is 5.92 Å². The zero-order valence-corrected chi connectivity index (χ0v) is 11.4. The van der Waals surface area contributed by atoms with Crippen LogP contribution in [0.4, 0.5) is 5.69 Å². The van der Waals surface area contributed by atoms with Crippen LogP contribution in [0.2, 0.25) is 5.02 Å². The molecule has 3 N–H and O–H groups in total. The third kappa shape index (κ3) is 3.61. The van der Waals surface area contributed by atoms with Crippen molar-refractivity contribution in [1.82, 2.24) is 0 Å². The van der Waals surface area contributed by atoms with Crippen molar-refractivity contribution in [3.8, 4) is 0 Å². The lowest BCUT2D eigenvalue weighted by Gasteiger charge is -2.26. The highest BCUT2D eigenvalue weighted by molar-refractivity contribution is 6.34. The Bertz CT molecular complexity index is 464. The van der Waals surface area contributed by atoms with Gasteiger partial charge in [-0.15, -0.1) is 0 Å². The molecule has 0 aromatic heterocycles. The molecule has 1 aliphatic carbocycles. The molecule has 0 radical (unpaired) electrons. The zero-order valence-electron chi connectivity index (χ0n) is 10.6. The normalized spacial score (nSPS) is 23.1. The van der Waals surface area contributed by atoms with Crippen LogP contribution in [-0.2, 0) is 0 Å². The second-order valence-electron chi connectivity index (χ2n) is 5.03. The van der Waals surface area contributed by atoms with Crippen molar-refractivity contribution in [3.05, 3.63) is 28.8 Å². The van der Waals surface area contributed by atoms with E-state index in [0.717, 1.165) is 25.7 Å². The highest BCUT2D eigenvalue weighted by Gasteiger charge is 2.21. The Morgan fingerprint density at radius 2 is 2.21 bits per heavy atom. The molecular weight excluding hydrogens is 266 g/mol. The van der Waals surface area contributed by atoms with Gasteiger partial charge in [-0.1, -0.05) is 24.1 Å². The van der Waals surface area contributed by atoms with Gasteiger partial charge in [-0.2, -0.15) is 0 Å². The standard InChI is InChI=1S/C14H18ClNO3/c15-11-5-2-6-12(13(11)14(18)19)16-8-9-3-1-4-10(17)7-9/h2,5-6,9-10,16-17H,1,3-4,7-8H2,(H,18,19). The van der Waals surface area contributed by atoms with Crippen LogP contribution in [0.5, 0.6) is 0 Å². The van der Waals surface area contributed by atoms with Crippen LogP contribution < -0.4 is 5.32 Å². The van der Waals surface area contributed by atoms with Gasteiger partial charge in [0.25, 0.3) is 0 Å². The number of rotatable bonds is 4. The van der Waals surface area contributed by atoms with Gasteiger partial charge in [0.1, 0.15) is 5.56 Å². The average Bonchev–Trinajstić information content (AvgIpc) is 2.36. The molecule has 104 valence electrons. The van der Waals surface area contributed by atoms with E-state index in [0.29, 0.717) is 18.2 Å². The summed E-state index contributed by atoms with van der Waals surface area (Å²) in [6.45, 7) is 0.664. The number of carbonyl (C=O) groups is 1. The van der Waals surface area contributed by atoms with Crippen LogP contribution in [-0.4, -0.2) is 28.8 Å². The Balaban J connectivity index is 2.03. The maximum absolute atomic E-state index is 11.2. The number of aromatic carboxylic acids is 1. The van der Waals surface area contributed by atoms with Crippen LogP contribution in [0.15, 0.2) is 18.2 Å². The maximum atomic E-state index is 11.2. The zero-order chi connectivity index (χ0) is 13.8. The molecule has 2 unspecified atom stereocenters. The van der Waals surface area contributed by atoms with Crippen LogP contribution in [0.25, 0.3) is 0 Å². The van der Waals surface area contributed by atoms with E-state index in [2.05, 4.69) is 5.32 Å². The van der Waals surface area contributed by atoms with Gasteiger partial charge in [0, 0.05) is 6.54 Å². The molecule has 0 bridgehead atoms. The highest BCUT2D eigenvalue weighted by Crippen LogP contribution is 2.27. The van der Waals surface area contributed by atoms with Gasteiger partial charge in [0.15, 0.2) is 0 Å². The Hall–Kier alpha value is -1.26. The summed E-state index contributed by atoms with van der Waals surface area (Å²) < 4.78 is 0. The minimum atomic E-state index is -1.03. The molecular formula is C14H18ClNO3. The first-order chi connectivity index (χ1) is 9.08. The largest absolute Gasteiger partial charge is 0.478 e. The Kier molecular flexibility index (Phi) is 4.66. The molecule has 2 rings (SSSR count). The number of halogens is 1. The molecule has 19 heavy (non-hydrogen) atoms. The molecule has 1 aliphatic rings. The molecule has 1 aromatic rings. The Morgan fingerprint density at radius 3 is 2.89 bits per heavy atom. The lowest BCUT2D eigenvalue weighted by Crippen LogP contribution is -2.25. The van der Waals surface area contributed by atoms with E-state index in [1.807, 2.05) is 0 Å². The number of aliphatic hydroxyl groups excluding tert-OH is 1. The number of benzene rings is 1. The Morgan fingerprint density at radius 1 is 1.42 bits per heavy atom. The van der Waals surface area contributed by atoms with Crippen LogP contribution in [0.1, 0.15) is 36.0 Å². The maximum Gasteiger partial charge on any atom is 0.339 e. The van der Waals surface area contributed by atoms with Gasteiger partial charge in [-0.3, -0.25) is 0 Å². The minimum absolute atomic E-state index is 0.112. The van der Waals surface area contributed by atoms with E-state index in [4.69, 9.17) is 16.7 Å². The molecule has 0 heterocycles. The number of carboxylic acid groups (broad SMARTS) is 1. The molecule has 5 heteroatoms. The molecule has 0 aliphatic heterocycles. The predicted molar refractivity (Wildman–Crippen MR) is 74.9 cm³/mol. The summed E-state index contributed by atoms with van der Waals surface area (Å²) in [6.07, 6.45) is 3.50. The quantitative estimate of drug-likeness (QED) is 0.794. The van der Waals surface area contributed by atoms with Crippen molar-refractivity contribution >= 4 is 23.3 Å². The third-order valence-electron chi connectivity index (χ3n) is 3.56. The summed E-state index contributed by atoms with van der Waals surface area (Å²) in [4.78, 5) is 11.2. The van der Waals surface area contributed by atoms with E-state index in [1.54, 1.807) is 18.2 Å². The molecule has 0 amide bonds. The fraction of sp³-hybridized carbons (Fsp3) is 0.500. The van der Waals surface area contributed by atoms with E-state index in [9.17, 15) is 9.90 Å². The third-order valence-corrected chi connectivity index (χ3v) is 3.88. The molecule has 0 spiro atoms. The van der Waals surface area contributed by atoms with E-state index < -0.39 is 5.97 Å². The number of hydrogen-bond donors (Lipinski definition) is 3. The van der Waals surface area contributed by atoms with Gasteiger partial charge in [0.2, 0.25) is 0 Å². The monoisotopic (exact) mass is 283 g/mol. The first kappa shape index (κ1) is 14.2. The van der Waals surface area contributed by atoms with Crippen molar-refractivity contribution in [2.75, 3.05) is 11.9 Å². The van der Waals surface area contributed by atoms with Crippen LogP contribution >= 0.6 is 11.6 Å². The summed E-state index contributed by atoms with van der Waals surface area (Å²) >= 11 is 5.91. The van der Waals surface area contributed by atoms with Crippen molar-refractivity contribution in [3.63, 3.8) is 0 Å². The number of carboxylic acids is 1. The second-order valence-corrected chi connectivity index (χ2v) is 5.44. The summed E-state index contributed by atoms with van der Waals surface area (Å²) in [5.41, 5.74) is 0.653. The number of aliphatic hydroxyl groups is 1. The fourth-order valence-electron chi connectivity index (χ4n) is 2.59. The van der Waals surface area contributed by atoms with Gasteiger partial charge in [-0.05, 0) is 37.3 Å². The lowest BCUT2D eigenvalue weighted by atomic mass is 9.87. The molecule has 1 saturated carbocycles. The van der Waals surface area contributed by atoms with Gasteiger partial charge in [0.05, 0.1) is 16.8 Å².